The zero-order chi connectivity index (χ0) is 8.53. The van der Waals surface area contributed by atoms with Gasteiger partial charge in [-0.1, -0.05) is 24.6 Å². The molecule has 0 radical (unpaired) electrons. The molecule has 64 valence electrons. The van der Waals surface area contributed by atoms with Gasteiger partial charge >= 0.3 is 0 Å². The molecule has 0 heterocycles. The van der Waals surface area contributed by atoms with Crippen molar-refractivity contribution in [2.45, 2.75) is 26.7 Å². The van der Waals surface area contributed by atoms with E-state index in [9.17, 15) is 0 Å². The second-order valence-electron chi connectivity index (χ2n) is 2.69. The van der Waals surface area contributed by atoms with Crippen molar-refractivity contribution in [2.24, 2.45) is 0 Å². The van der Waals surface area contributed by atoms with Crippen molar-refractivity contribution in [3.63, 3.8) is 0 Å². The maximum absolute atomic E-state index is 3.69. The fraction of sp³-hybridized carbons (Fsp3) is 0.600. The van der Waals surface area contributed by atoms with Crippen LogP contribution in [0.3, 0.4) is 0 Å². The first kappa shape index (κ1) is 10.4. The zero-order valence-electron chi connectivity index (χ0n) is 7.69. The molecule has 0 aliphatic heterocycles. The van der Waals surface area contributed by atoms with Gasteiger partial charge in [0, 0.05) is 0 Å². The van der Waals surface area contributed by atoms with E-state index in [-0.39, 0.29) is 0 Å². The van der Waals surface area contributed by atoms with Crippen LogP contribution in [0.15, 0.2) is 24.3 Å². The van der Waals surface area contributed by atoms with Crippen LogP contribution in [0.4, 0.5) is 0 Å². The van der Waals surface area contributed by atoms with Crippen LogP contribution < -0.4 is 5.32 Å². The molecule has 0 fully saturated rings. The minimum absolute atomic E-state index is 1.02. The lowest BCUT2D eigenvalue weighted by molar-refractivity contribution is 0.724. The maximum Gasteiger partial charge on any atom is -0.00143 e. The zero-order valence-corrected chi connectivity index (χ0v) is 7.69. The van der Waals surface area contributed by atoms with Gasteiger partial charge in [0.25, 0.3) is 0 Å². The molecule has 1 nitrogen and oxygen atoms in total. The molecule has 0 saturated carbocycles. The number of rotatable bonds is 6. The second kappa shape index (κ2) is 7.55. The third-order valence-corrected chi connectivity index (χ3v) is 1.53. The summed E-state index contributed by atoms with van der Waals surface area (Å²) < 4.78 is 0. The number of hydrogen-bond acceptors (Lipinski definition) is 1. The van der Waals surface area contributed by atoms with Crippen LogP contribution in [0.2, 0.25) is 0 Å². The predicted molar refractivity (Wildman–Crippen MR) is 51.7 cm³/mol. The molecule has 1 heteroatoms. The van der Waals surface area contributed by atoms with E-state index in [1.54, 1.807) is 0 Å². The molecule has 0 saturated heterocycles. The van der Waals surface area contributed by atoms with Crippen molar-refractivity contribution in [2.75, 3.05) is 13.1 Å². The fourth-order valence-corrected chi connectivity index (χ4v) is 0.908. The van der Waals surface area contributed by atoms with E-state index < -0.39 is 0 Å². The highest BCUT2D eigenvalue weighted by atomic mass is 14.8. The number of hydrogen-bond donors (Lipinski definition) is 1. The van der Waals surface area contributed by atoms with Gasteiger partial charge in [-0.25, -0.2) is 0 Å². The molecule has 0 unspecified atom stereocenters. The highest BCUT2D eigenvalue weighted by Gasteiger charge is 1.84. The fourth-order valence-electron chi connectivity index (χ4n) is 0.908. The van der Waals surface area contributed by atoms with Gasteiger partial charge in [-0.3, -0.25) is 0 Å². The number of nitrogens with one attached hydrogen (secondary N) is 1. The standard InChI is InChI=1S/C10H19N/c1-4-7-10(3)8-6-9-11-5-2/h4,8,11H,1,5-7,9H2,2-3H3. The third kappa shape index (κ3) is 7.34. The Morgan fingerprint density at radius 3 is 2.82 bits per heavy atom. The van der Waals surface area contributed by atoms with Crippen molar-refractivity contribution >= 4 is 0 Å². The largest absolute Gasteiger partial charge is 0.317 e. The van der Waals surface area contributed by atoms with Crippen LogP contribution in [0.25, 0.3) is 0 Å². The van der Waals surface area contributed by atoms with E-state index in [0.29, 0.717) is 0 Å². The Hall–Kier alpha value is -0.560. The van der Waals surface area contributed by atoms with Gasteiger partial charge in [-0.15, -0.1) is 6.58 Å². The lowest BCUT2D eigenvalue weighted by atomic mass is 10.2. The van der Waals surface area contributed by atoms with Gasteiger partial charge in [-0.05, 0) is 32.9 Å². The summed E-state index contributed by atoms with van der Waals surface area (Å²) in [6, 6.07) is 0. The monoisotopic (exact) mass is 153 g/mol. The van der Waals surface area contributed by atoms with Gasteiger partial charge in [-0.2, -0.15) is 0 Å². The van der Waals surface area contributed by atoms with Crippen molar-refractivity contribution < 1.29 is 0 Å². The third-order valence-electron chi connectivity index (χ3n) is 1.53. The van der Waals surface area contributed by atoms with Crippen LogP contribution in [0, 0.1) is 0 Å². The van der Waals surface area contributed by atoms with Gasteiger partial charge in [0.05, 0.1) is 0 Å². The molecule has 0 bridgehead atoms. The first-order chi connectivity index (χ1) is 5.31. The Morgan fingerprint density at radius 2 is 2.27 bits per heavy atom. The molecule has 0 spiro atoms. The molecule has 0 amide bonds. The van der Waals surface area contributed by atoms with Gasteiger partial charge < -0.3 is 5.32 Å². The summed E-state index contributed by atoms with van der Waals surface area (Å²) in [6.07, 6.45) is 6.36. The lowest BCUT2D eigenvalue weighted by Gasteiger charge is -1.98. The van der Waals surface area contributed by atoms with Crippen LogP contribution in [0.1, 0.15) is 26.7 Å². The van der Waals surface area contributed by atoms with E-state index in [4.69, 9.17) is 0 Å². The normalized spacial score (nSPS) is 11.6. The highest BCUT2D eigenvalue weighted by molar-refractivity contribution is 5.02. The molecule has 0 aromatic carbocycles. The Morgan fingerprint density at radius 1 is 1.55 bits per heavy atom. The Labute approximate surface area is 70.2 Å². The molecule has 0 aromatic heterocycles. The number of allylic oxidation sites excluding steroid dienone is 2. The first-order valence-corrected chi connectivity index (χ1v) is 4.28. The minimum Gasteiger partial charge on any atom is -0.317 e. The van der Waals surface area contributed by atoms with Gasteiger partial charge in [0.1, 0.15) is 0 Å². The molecule has 0 atom stereocenters. The molecule has 11 heavy (non-hydrogen) atoms. The molecule has 0 rings (SSSR count). The second-order valence-corrected chi connectivity index (χ2v) is 2.69. The average molecular weight is 153 g/mol. The SMILES string of the molecule is C=CCC(C)=CCCNCC. The summed E-state index contributed by atoms with van der Waals surface area (Å²) in [5.41, 5.74) is 1.41. The molecule has 0 aliphatic carbocycles. The van der Waals surface area contributed by atoms with Crippen LogP contribution in [-0.4, -0.2) is 13.1 Å². The Bertz CT molecular complexity index is 125. The topological polar surface area (TPSA) is 12.0 Å². The Kier molecular flexibility index (Phi) is 7.16. The van der Waals surface area contributed by atoms with Crippen molar-refractivity contribution in [1.82, 2.24) is 5.32 Å². The minimum atomic E-state index is 1.02. The summed E-state index contributed by atoms with van der Waals surface area (Å²) in [6.45, 7) is 10.1. The molecule has 1 N–H and O–H groups in total. The van der Waals surface area contributed by atoms with E-state index in [1.165, 1.54) is 5.57 Å². The molecule has 0 aliphatic rings. The average Bonchev–Trinajstić information content (AvgIpc) is 1.99. The molecule has 0 aromatic rings. The van der Waals surface area contributed by atoms with Crippen molar-refractivity contribution in [3.05, 3.63) is 24.3 Å². The van der Waals surface area contributed by atoms with Crippen LogP contribution in [0.5, 0.6) is 0 Å². The van der Waals surface area contributed by atoms with Crippen LogP contribution >= 0.6 is 0 Å². The van der Waals surface area contributed by atoms with E-state index >= 15 is 0 Å². The van der Waals surface area contributed by atoms with Crippen molar-refractivity contribution in [1.29, 1.82) is 0 Å². The Balaban J connectivity index is 3.31. The van der Waals surface area contributed by atoms with Crippen LogP contribution in [-0.2, 0) is 0 Å². The molecular weight excluding hydrogens is 134 g/mol. The quantitative estimate of drug-likeness (QED) is 0.456. The van der Waals surface area contributed by atoms with Gasteiger partial charge in [0.15, 0.2) is 0 Å². The summed E-state index contributed by atoms with van der Waals surface area (Å²) in [7, 11) is 0. The highest BCUT2D eigenvalue weighted by Crippen LogP contribution is 2.00. The summed E-state index contributed by atoms with van der Waals surface area (Å²) in [4.78, 5) is 0. The van der Waals surface area contributed by atoms with E-state index in [2.05, 4.69) is 31.8 Å². The first-order valence-electron chi connectivity index (χ1n) is 4.28. The molecular formula is C10H19N. The van der Waals surface area contributed by atoms with Gasteiger partial charge in [0.2, 0.25) is 0 Å². The summed E-state index contributed by atoms with van der Waals surface area (Å²) in [5.74, 6) is 0. The van der Waals surface area contributed by atoms with E-state index in [0.717, 1.165) is 25.9 Å². The van der Waals surface area contributed by atoms with E-state index in [1.807, 2.05) is 6.08 Å². The predicted octanol–water partition coefficient (Wildman–Crippen LogP) is 2.51. The lowest BCUT2D eigenvalue weighted by Crippen LogP contribution is -2.13. The smallest absolute Gasteiger partial charge is 0.00143 e. The summed E-state index contributed by atoms with van der Waals surface area (Å²) >= 11 is 0. The van der Waals surface area contributed by atoms with Crippen molar-refractivity contribution in [3.8, 4) is 0 Å². The maximum atomic E-state index is 3.69. The summed E-state index contributed by atoms with van der Waals surface area (Å²) in [5, 5.41) is 3.28.